The molecule has 0 fully saturated rings. The second kappa shape index (κ2) is 6.04. The number of alkyl halides is 6. The number of nitrogens with one attached hydrogen (secondary N) is 1. The van der Waals surface area contributed by atoms with Crippen molar-refractivity contribution in [1.82, 2.24) is 4.98 Å². The predicted octanol–water partition coefficient (Wildman–Crippen LogP) is 5.68. The monoisotopic (exact) mass is 386 g/mol. The Bertz CT molecular complexity index is 804. The molecule has 4 nitrogen and oxygen atoms in total. The first-order valence-corrected chi connectivity index (χ1v) is 7.57. The van der Waals surface area contributed by atoms with Crippen molar-refractivity contribution in [3.05, 3.63) is 23.3 Å². The van der Waals surface area contributed by atoms with Gasteiger partial charge in [-0.05, 0) is 32.9 Å². The topological polar surface area (TPSA) is 51.2 Å². The number of thiazole rings is 1. The minimum absolute atomic E-state index is 0.000686. The van der Waals surface area contributed by atoms with Gasteiger partial charge in [-0.25, -0.2) is 9.78 Å². The molecule has 0 spiro atoms. The molecule has 0 unspecified atom stereocenters. The number of benzene rings is 1. The van der Waals surface area contributed by atoms with Gasteiger partial charge < -0.3 is 4.74 Å². The summed E-state index contributed by atoms with van der Waals surface area (Å²) in [5.74, 6) is 0. The van der Waals surface area contributed by atoms with Crippen LogP contribution in [-0.2, 0) is 17.1 Å². The summed E-state index contributed by atoms with van der Waals surface area (Å²) in [5, 5.41) is 1.83. The van der Waals surface area contributed by atoms with Crippen LogP contribution in [0.1, 0.15) is 31.9 Å². The van der Waals surface area contributed by atoms with E-state index in [0.717, 1.165) is 0 Å². The Morgan fingerprint density at radius 2 is 1.68 bits per heavy atom. The molecule has 0 aliphatic heterocycles. The lowest BCUT2D eigenvalue weighted by molar-refractivity contribution is -0.142. The van der Waals surface area contributed by atoms with Crippen LogP contribution in [0.4, 0.5) is 36.3 Å². The molecule has 11 heteroatoms. The molecule has 0 atom stereocenters. The van der Waals surface area contributed by atoms with E-state index in [0.29, 0.717) is 17.4 Å². The van der Waals surface area contributed by atoms with Crippen LogP contribution in [0.25, 0.3) is 10.2 Å². The first-order valence-electron chi connectivity index (χ1n) is 6.76. The number of nitrogens with zero attached hydrogens (tertiary/aromatic N) is 1. The molecule has 0 saturated carbocycles. The molecule has 1 heterocycles. The number of hydrogen-bond acceptors (Lipinski definition) is 4. The highest BCUT2D eigenvalue weighted by Gasteiger charge is 2.39. The average molecular weight is 386 g/mol. The smallest absolute Gasteiger partial charge is 0.418 e. The maximum atomic E-state index is 13.1. The lowest BCUT2D eigenvalue weighted by Crippen LogP contribution is -2.27. The second-order valence-electron chi connectivity index (χ2n) is 6.01. The summed E-state index contributed by atoms with van der Waals surface area (Å²) in [4.78, 5) is 15.2. The Morgan fingerprint density at radius 3 is 2.16 bits per heavy atom. The van der Waals surface area contributed by atoms with Gasteiger partial charge in [0.25, 0.3) is 0 Å². The SMILES string of the molecule is CC(C)(C)OC(=O)Nc1nc2c(C(F)(F)F)cc(C(F)(F)F)cc2s1. The van der Waals surface area contributed by atoms with E-state index in [1.54, 1.807) is 20.8 Å². The van der Waals surface area contributed by atoms with Crippen LogP contribution in [0.3, 0.4) is 0 Å². The van der Waals surface area contributed by atoms with Gasteiger partial charge in [0.05, 0.1) is 21.3 Å². The predicted molar refractivity (Wildman–Crippen MR) is 79.5 cm³/mol. The summed E-state index contributed by atoms with van der Waals surface area (Å²) in [6, 6.07) is 0.557. The molecule has 138 valence electrons. The molecule has 0 bridgehead atoms. The maximum Gasteiger partial charge on any atom is 0.418 e. The fraction of sp³-hybridized carbons (Fsp3) is 0.429. The van der Waals surface area contributed by atoms with Crippen molar-refractivity contribution in [3.8, 4) is 0 Å². The van der Waals surface area contributed by atoms with E-state index in [1.807, 2.05) is 0 Å². The molecule has 1 amide bonds. The first kappa shape index (κ1) is 19.3. The Hall–Kier alpha value is -2.04. The number of carbonyl (C=O) groups is 1. The van der Waals surface area contributed by atoms with E-state index in [1.165, 1.54) is 0 Å². The molecule has 0 radical (unpaired) electrons. The highest BCUT2D eigenvalue weighted by molar-refractivity contribution is 7.22. The zero-order chi connectivity index (χ0) is 19.2. The third-order valence-electron chi connectivity index (χ3n) is 2.74. The van der Waals surface area contributed by atoms with Gasteiger partial charge in [0.15, 0.2) is 5.13 Å². The van der Waals surface area contributed by atoms with Crippen LogP contribution < -0.4 is 5.32 Å². The van der Waals surface area contributed by atoms with E-state index in [4.69, 9.17) is 4.74 Å². The quantitative estimate of drug-likeness (QED) is 0.642. The van der Waals surface area contributed by atoms with Gasteiger partial charge in [0, 0.05) is 0 Å². The van der Waals surface area contributed by atoms with E-state index >= 15 is 0 Å². The molecule has 25 heavy (non-hydrogen) atoms. The Labute approximate surface area is 141 Å². The van der Waals surface area contributed by atoms with E-state index in [2.05, 4.69) is 10.3 Å². The molecule has 0 saturated heterocycles. The van der Waals surface area contributed by atoms with Crippen LogP contribution >= 0.6 is 11.3 Å². The molecule has 1 N–H and O–H groups in total. The number of aromatic nitrogens is 1. The minimum atomic E-state index is -5.03. The largest absolute Gasteiger partial charge is 0.444 e. The van der Waals surface area contributed by atoms with Crippen molar-refractivity contribution in [2.45, 2.75) is 38.7 Å². The van der Waals surface area contributed by atoms with Crippen molar-refractivity contribution >= 4 is 32.8 Å². The van der Waals surface area contributed by atoms with Crippen molar-refractivity contribution in [3.63, 3.8) is 0 Å². The van der Waals surface area contributed by atoms with Crippen LogP contribution in [0.5, 0.6) is 0 Å². The molecule has 1 aromatic carbocycles. The number of fused-ring (bicyclic) bond motifs is 1. The molecular weight excluding hydrogens is 374 g/mol. The van der Waals surface area contributed by atoms with Crippen LogP contribution in [-0.4, -0.2) is 16.7 Å². The summed E-state index contributed by atoms with van der Waals surface area (Å²) in [6.45, 7) is 4.72. The minimum Gasteiger partial charge on any atom is -0.444 e. The number of hydrogen-bond donors (Lipinski definition) is 1. The number of anilines is 1. The third kappa shape index (κ3) is 4.74. The highest BCUT2D eigenvalue weighted by Crippen LogP contribution is 2.42. The maximum absolute atomic E-state index is 13.1. The first-order chi connectivity index (χ1) is 11.2. The Balaban J connectivity index is 2.49. The molecule has 2 aromatic rings. The Kier molecular flexibility index (Phi) is 4.66. The Morgan fingerprint density at radius 1 is 1.08 bits per heavy atom. The van der Waals surface area contributed by atoms with Crippen LogP contribution in [0.15, 0.2) is 12.1 Å². The second-order valence-corrected chi connectivity index (χ2v) is 7.04. The van der Waals surface area contributed by atoms with Gasteiger partial charge in [-0.3, -0.25) is 5.32 Å². The fourth-order valence-corrected chi connectivity index (χ4v) is 2.77. The zero-order valence-electron chi connectivity index (χ0n) is 13.1. The van der Waals surface area contributed by atoms with E-state index in [-0.39, 0.29) is 15.9 Å². The number of halogens is 6. The molecule has 1 aromatic heterocycles. The lowest BCUT2D eigenvalue weighted by atomic mass is 10.1. The van der Waals surface area contributed by atoms with Gasteiger partial charge in [-0.2, -0.15) is 26.3 Å². The highest BCUT2D eigenvalue weighted by atomic mass is 32.1. The normalized spacial score (nSPS) is 13.2. The van der Waals surface area contributed by atoms with Gasteiger partial charge in [-0.15, -0.1) is 0 Å². The van der Waals surface area contributed by atoms with Crippen molar-refractivity contribution in [2.24, 2.45) is 0 Å². The summed E-state index contributed by atoms with van der Waals surface area (Å²) in [7, 11) is 0. The zero-order valence-corrected chi connectivity index (χ0v) is 13.9. The average Bonchev–Trinajstić information content (AvgIpc) is 2.74. The van der Waals surface area contributed by atoms with Crippen molar-refractivity contribution in [2.75, 3.05) is 5.32 Å². The lowest BCUT2D eigenvalue weighted by Gasteiger charge is -2.18. The van der Waals surface area contributed by atoms with Gasteiger partial charge in [0.1, 0.15) is 5.60 Å². The number of rotatable bonds is 1. The van der Waals surface area contributed by atoms with Crippen molar-refractivity contribution in [1.29, 1.82) is 0 Å². The van der Waals surface area contributed by atoms with Crippen LogP contribution in [0.2, 0.25) is 0 Å². The molecular formula is C14H12F6N2O2S. The van der Waals surface area contributed by atoms with Gasteiger partial charge >= 0.3 is 18.4 Å². The molecule has 2 rings (SSSR count). The number of amides is 1. The van der Waals surface area contributed by atoms with Gasteiger partial charge in [-0.1, -0.05) is 11.3 Å². The summed E-state index contributed by atoms with van der Waals surface area (Å²) < 4.78 is 82.2. The summed E-state index contributed by atoms with van der Waals surface area (Å²) >= 11 is 0.489. The molecule has 0 aliphatic carbocycles. The number of ether oxygens (including phenoxy) is 1. The third-order valence-corrected chi connectivity index (χ3v) is 3.65. The number of carbonyl (C=O) groups excluding carboxylic acids is 1. The van der Waals surface area contributed by atoms with Gasteiger partial charge in [0.2, 0.25) is 0 Å². The van der Waals surface area contributed by atoms with Crippen LogP contribution in [0, 0.1) is 0 Å². The fourth-order valence-electron chi connectivity index (χ4n) is 1.85. The standard InChI is InChI=1S/C14H12F6N2O2S/c1-12(2,3)24-11(23)22-10-21-9-7(14(18,19)20)4-6(13(15,16)17)5-8(9)25-10/h4-5H,1-3H3,(H,21,22,23). The summed E-state index contributed by atoms with van der Waals surface area (Å²) in [5.41, 5.74) is -4.50. The van der Waals surface area contributed by atoms with E-state index in [9.17, 15) is 31.1 Å². The summed E-state index contributed by atoms with van der Waals surface area (Å²) in [6.07, 6.45) is -11.0. The van der Waals surface area contributed by atoms with Crippen molar-refractivity contribution < 1.29 is 35.9 Å². The van der Waals surface area contributed by atoms with E-state index < -0.39 is 40.7 Å². The molecule has 0 aliphatic rings.